The van der Waals surface area contributed by atoms with Crippen molar-refractivity contribution in [3.05, 3.63) is 145 Å². The molecule has 9 heteroatoms. The van der Waals surface area contributed by atoms with E-state index in [0.29, 0.717) is 38.5 Å². The zero-order chi connectivity index (χ0) is 29.6. The predicted molar refractivity (Wildman–Crippen MR) is 160 cm³/mol. The Morgan fingerprint density at radius 3 is 2.38 bits per heavy atom. The molecule has 3 aromatic carbocycles. The maximum absolute atomic E-state index is 13.9. The van der Waals surface area contributed by atoms with Crippen molar-refractivity contribution >= 4 is 29.4 Å². The second-order valence-electron chi connectivity index (χ2n) is 9.43. The van der Waals surface area contributed by atoms with Gasteiger partial charge in [-0.05, 0) is 54.0 Å². The fourth-order valence-corrected chi connectivity index (χ4v) is 5.63. The van der Waals surface area contributed by atoms with Crippen LogP contribution in [-0.4, -0.2) is 30.2 Å². The quantitative estimate of drug-likeness (QED) is 0.216. The Hall–Kier alpha value is -5.02. The van der Waals surface area contributed by atoms with Crippen LogP contribution in [0.3, 0.4) is 0 Å². The number of rotatable bonds is 9. The third-order valence-electron chi connectivity index (χ3n) is 6.65. The number of carbonyl (C=O) groups excluding carboxylic acids is 2. The Balaban J connectivity index is 1.57. The minimum Gasteiger partial charge on any atom is -0.490 e. The van der Waals surface area contributed by atoms with Crippen molar-refractivity contribution in [2.75, 3.05) is 13.7 Å². The van der Waals surface area contributed by atoms with Crippen LogP contribution >= 0.6 is 11.3 Å². The van der Waals surface area contributed by atoms with Gasteiger partial charge in [-0.2, -0.15) is 0 Å². The topological polar surface area (TPSA) is 96.2 Å². The van der Waals surface area contributed by atoms with E-state index in [4.69, 9.17) is 14.2 Å². The summed E-state index contributed by atoms with van der Waals surface area (Å²) in [5.74, 6) is -0.370. The Morgan fingerprint density at radius 2 is 1.71 bits per heavy atom. The fourth-order valence-electron chi connectivity index (χ4n) is 4.59. The zero-order valence-corrected chi connectivity index (χ0v) is 23.9. The van der Waals surface area contributed by atoms with Crippen molar-refractivity contribution in [2.45, 2.75) is 19.6 Å². The first kappa shape index (κ1) is 28.5. The van der Waals surface area contributed by atoms with E-state index in [-0.39, 0.29) is 17.7 Å². The van der Waals surface area contributed by atoms with E-state index in [1.54, 1.807) is 43.3 Å². The van der Waals surface area contributed by atoms with E-state index in [1.807, 2.05) is 54.6 Å². The average molecular weight is 581 g/mol. The molecule has 4 aromatic rings. The second-order valence-corrected chi connectivity index (χ2v) is 10.4. The maximum atomic E-state index is 13.9. The number of fused-ring (bicyclic) bond motifs is 1. The molecule has 2 heterocycles. The molecule has 1 unspecified atom stereocenters. The van der Waals surface area contributed by atoms with Crippen molar-refractivity contribution in [1.82, 2.24) is 4.57 Å². The van der Waals surface area contributed by atoms with E-state index in [0.717, 1.165) is 11.1 Å². The van der Waals surface area contributed by atoms with Crippen LogP contribution in [-0.2, 0) is 20.9 Å². The number of carbonyl (C=O) groups is 2. The molecule has 5 rings (SSSR count). The van der Waals surface area contributed by atoms with Gasteiger partial charge in [0.05, 0.1) is 34.5 Å². The smallest absolute Gasteiger partial charge is 0.338 e. The minimum atomic E-state index is -0.812. The number of esters is 2. The zero-order valence-electron chi connectivity index (χ0n) is 23.1. The fraction of sp³-hybridized carbons (Fsp3) is 0.152. The standard InChI is InChI=1S/C33H28N2O6S/c1-4-18-40-26-16-10-22(11-17-26)19-27-30(36)35-29(24-12-14-25(15-13-24)31(37)39-3)28(21(2)34-33(35)42-27)32(38)41-20-23-8-6-5-7-9-23/h4-17,19,29H,1,18,20H2,2-3H3. The molecule has 0 fully saturated rings. The van der Waals surface area contributed by atoms with Gasteiger partial charge in [0.15, 0.2) is 4.80 Å². The molecule has 0 saturated heterocycles. The van der Waals surface area contributed by atoms with Gasteiger partial charge in [0, 0.05) is 0 Å². The lowest BCUT2D eigenvalue weighted by Gasteiger charge is -2.25. The van der Waals surface area contributed by atoms with Gasteiger partial charge in [0.25, 0.3) is 5.56 Å². The van der Waals surface area contributed by atoms with Crippen LogP contribution < -0.4 is 19.6 Å². The highest BCUT2D eigenvalue weighted by Crippen LogP contribution is 2.31. The molecule has 1 aromatic heterocycles. The molecule has 1 aliphatic heterocycles. The van der Waals surface area contributed by atoms with E-state index >= 15 is 0 Å². The average Bonchev–Trinajstić information content (AvgIpc) is 3.32. The maximum Gasteiger partial charge on any atom is 0.338 e. The third kappa shape index (κ3) is 6.01. The van der Waals surface area contributed by atoms with Gasteiger partial charge >= 0.3 is 11.9 Å². The molecule has 0 bridgehead atoms. The lowest BCUT2D eigenvalue weighted by Crippen LogP contribution is -2.39. The van der Waals surface area contributed by atoms with Crippen LogP contribution in [0, 0.1) is 0 Å². The summed E-state index contributed by atoms with van der Waals surface area (Å²) in [6, 6.07) is 22.5. The first-order valence-electron chi connectivity index (χ1n) is 13.1. The summed E-state index contributed by atoms with van der Waals surface area (Å²) in [6.07, 6.45) is 3.45. The number of hydrogen-bond acceptors (Lipinski definition) is 8. The van der Waals surface area contributed by atoms with Crippen LogP contribution in [0.1, 0.15) is 40.0 Å². The molecule has 0 amide bonds. The number of hydrogen-bond donors (Lipinski definition) is 0. The molecule has 0 spiro atoms. The van der Waals surface area contributed by atoms with Crippen LogP contribution in [0.4, 0.5) is 0 Å². The molecule has 1 aliphatic rings. The SMILES string of the molecule is C=CCOc1ccc(C=c2sc3n(c2=O)C(c2ccc(C(=O)OC)cc2)C(C(=O)OCc2ccccc2)=C(C)N=3)cc1. The Kier molecular flexibility index (Phi) is 8.59. The van der Waals surface area contributed by atoms with Gasteiger partial charge < -0.3 is 14.2 Å². The Bertz CT molecular complexity index is 1840. The minimum absolute atomic E-state index is 0.0708. The van der Waals surface area contributed by atoms with Crippen molar-refractivity contribution in [3.8, 4) is 5.75 Å². The van der Waals surface area contributed by atoms with Crippen LogP contribution in [0.2, 0.25) is 0 Å². The molecule has 0 saturated carbocycles. The number of methoxy groups -OCH3 is 1. The molecule has 0 radical (unpaired) electrons. The van der Waals surface area contributed by atoms with Crippen LogP contribution in [0.5, 0.6) is 5.75 Å². The lowest BCUT2D eigenvalue weighted by atomic mass is 9.95. The first-order chi connectivity index (χ1) is 20.4. The summed E-state index contributed by atoms with van der Waals surface area (Å²) >= 11 is 1.24. The first-order valence-corrected chi connectivity index (χ1v) is 14.0. The van der Waals surface area contributed by atoms with Crippen molar-refractivity contribution < 1.29 is 23.8 Å². The third-order valence-corrected chi connectivity index (χ3v) is 7.63. The van der Waals surface area contributed by atoms with Gasteiger partial charge in [0.2, 0.25) is 0 Å². The number of thiazole rings is 1. The summed E-state index contributed by atoms with van der Waals surface area (Å²) in [7, 11) is 1.31. The summed E-state index contributed by atoms with van der Waals surface area (Å²) in [4.78, 5) is 44.6. The molecule has 42 heavy (non-hydrogen) atoms. The van der Waals surface area contributed by atoms with Gasteiger partial charge in [-0.3, -0.25) is 9.36 Å². The Morgan fingerprint density at radius 1 is 1.00 bits per heavy atom. The monoisotopic (exact) mass is 580 g/mol. The highest BCUT2D eigenvalue weighted by molar-refractivity contribution is 7.07. The van der Waals surface area contributed by atoms with Gasteiger partial charge in [-0.15, -0.1) is 0 Å². The molecular weight excluding hydrogens is 552 g/mol. The number of allylic oxidation sites excluding steroid dienone is 1. The van der Waals surface area contributed by atoms with Crippen molar-refractivity contribution in [1.29, 1.82) is 0 Å². The van der Waals surface area contributed by atoms with Crippen LogP contribution in [0.25, 0.3) is 6.08 Å². The molecule has 1 atom stereocenters. The number of benzene rings is 3. The van der Waals surface area contributed by atoms with Crippen LogP contribution in [0.15, 0.2) is 113 Å². The molecule has 212 valence electrons. The molecule has 0 N–H and O–H groups in total. The Labute approximate surface area is 246 Å². The van der Waals surface area contributed by atoms with Gasteiger partial charge in [-0.1, -0.05) is 78.6 Å². The largest absolute Gasteiger partial charge is 0.490 e. The van der Waals surface area contributed by atoms with Gasteiger partial charge in [-0.25, -0.2) is 14.6 Å². The molecule has 0 aliphatic carbocycles. The highest BCUT2D eigenvalue weighted by atomic mass is 32.1. The summed E-state index contributed by atoms with van der Waals surface area (Å²) < 4.78 is 18.0. The van der Waals surface area contributed by atoms with E-state index in [2.05, 4.69) is 11.6 Å². The van der Waals surface area contributed by atoms with E-state index in [9.17, 15) is 14.4 Å². The summed E-state index contributed by atoms with van der Waals surface area (Å²) in [6.45, 7) is 5.85. The normalized spacial score (nSPS) is 14.5. The van der Waals surface area contributed by atoms with E-state index < -0.39 is 18.0 Å². The van der Waals surface area contributed by atoms with Gasteiger partial charge in [0.1, 0.15) is 19.0 Å². The summed E-state index contributed by atoms with van der Waals surface area (Å²) in [5, 5.41) is 0. The molecule has 8 nitrogen and oxygen atoms in total. The lowest BCUT2D eigenvalue weighted by molar-refractivity contribution is -0.140. The van der Waals surface area contributed by atoms with E-state index in [1.165, 1.54) is 23.0 Å². The molecular formula is C33H28N2O6S. The highest BCUT2D eigenvalue weighted by Gasteiger charge is 2.33. The number of ether oxygens (including phenoxy) is 3. The second kappa shape index (κ2) is 12.7. The van der Waals surface area contributed by atoms with Crippen molar-refractivity contribution in [2.24, 2.45) is 4.99 Å². The predicted octanol–water partition coefficient (Wildman–Crippen LogP) is 4.33. The number of aromatic nitrogens is 1. The van der Waals surface area contributed by atoms with Crippen molar-refractivity contribution in [3.63, 3.8) is 0 Å². The summed E-state index contributed by atoms with van der Waals surface area (Å²) in [5.41, 5.74) is 3.02. The number of nitrogens with zero attached hydrogens (tertiary/aromatic N) is 2.